The monoisotopic (exact) mass is 215 g/mol. The molecule has 15 heavy (non-hydrogen) atoms. The Morgan fingerprint density at radius 3 is 2.47 bits per heavy atom. The van der Waals surface area contributed by atoms with Gasteiger partial charge >= 0.3 is 0 Å². The van der Waals surface area contributed by atoms with Crippen LogP contribution in [0.1, 0.15) is 46.5 Å². The molecule has 0 spiro atoms. The maximum absolute atomic E-state index is 11.2. The average Bonchev–Trinajstić information content (AvgIpc) is 2.12. The number of rotatable bonds is 7. The van der Waals surface area contributed by atoms with Gasteiger partial charge in [-0.15, -0.1) is 0 Å². The number of unbranched alkanes of at least 4 members (excludes halogenated alkanes) is 1. The number of carbonyl (C=O) groups excluding carboxylic acids is 1. The van der Waals surface area contributed by atoms with Crippen molar-refractivity contribution in [3.05, 3.63) is 0 Å². The molecule has 0 saturated heterocycles. The Kier molecular flexibility index (Phi) is 7.39. The summed E-state index contributed by atoms with van der Waals surface area (Å²) in [5, 5.41) is 2.88. The van der Waals surface area contributed by atoms with Crippen LogP contribution in [0.15, 0.2) is 0 Å². The molecule has 0 aromatic carbocycles. The second kappa shape index (κ2) is 7.69. The second-order valence-corrected chi connectivity index (χ2v) is 5.11. The van der Waals surface area contributed by atoms with Gasteiger partial charge in [0.1, 0.15) is 0 Å². The highest BCUT2D eigenvalue weighted by Crippen LogP contribution is 2.21. The average molecular weight is 215 g/mol. The first-order valence-electron chi connectivity index (χ1n) is 5.71. The Balaban J connectivity index is 3.27. The van der Waals surface area contributed by atoms with Crippen LogP contribution >= 0.6 is 0 Å². The molecular formula is C12H25NO2. The molecule has 0 bridgehead atoms. The number of ether oxygens (including phenoxy) is 1. The van der Waals surface area contributed by atoms with E-state index in [0.717, 1.165) is 13.0 Å². The topological polar surface area (TPSA) is 38.3 Å². The highest BCUT2D eigenvalue weighted by molar-refractivity contribution is 5.75. The standard InChI is InChI=1S/C12H25NO2/c1-12(2,3)8-5-6-9-13-11(14)7-10-15-4/h5-10H2,1-4H3,(H,13,14). The van der Waals surface area contributed by atoms with E-state index in [1.54, 1.807) is 7.11 Å². The lowest BCUT2D eigenvalue weighted by Crippen LogP contribution is -2.25. The van der Waals surface area contributed by atoms with Crippen LogP contribution in [0.3, 0.4) is 0 Å². The van der Waals surface area contributed by atoms with Crippen molar-refractivity contribution in [3.8, 4) is 0 Å². The largest absolute Gasteiger partial charge is 0.384 e. The number of amides is 1. The molecule has 0 aromatic heterocycles. The van der Waals surface area contributed by atoms with Crippen LogP contribution in [0.25, 0.3) is 0 Å². The summed E-state index contributed by atoms with van der Waals surface area (Å²) in [6.45, 7) is 8.02. The molecule has 3 heteroatoms. The van der Waals surface area contributed by atoms with Gasteiger partial charge in [-0.05, 0) is 18.3 Å². The second-order valence-electron chi connectivity index (χ2n) is 5.11. The summed E-state index contributed by atoms with van der Waals surface area (Å²) in [6, 6.07) is 0. The summed E-state index contributed by atoms with van der Waals surface area (Å²) in [5.74, 6) is 0.0904. The Morgan fingerprint density at radius 2 is 1.93 bits per heavy atom. The number of carbonyl (C=O) groups is 1. The molecule has 0 rings (SSSR count). The fourth-order valence-corrected chi connectivity index (χ4v) is 1.29. The van der Waals surface area contributed by atoms with Gasteiger partial charge in [-0.2, -0.15) is 0 Å². The van der Waals surface area contributed by atoms with E-state index in [1.165, 1.54) is 12.8 Å². The van der Waals surface area contributed by atoms with Gasteiger partial charge in [-0.25, -0.2) is 0 Å². The zero-order valence-electron chi connectivity index (χ0n) is 10.6. The fourth-order valence-electron chi connectivity index (χ4n) is 1.29. The molecule has 90 valence electrons. The summed E-state index contributed by atoms with van der Waals surface area (Å²) >= 11 is 0. The van der Waals surface area contributed by atoms with Gasteiger partial charge in [0.2, 0.25) is 5.91 Å². The van der Waals surface area contributed by atoms with E-state index in [9.17, 15) is 4.79 Å². The summed E-state index contributed by atoms with van der Waals surface area (Å²) in [5.41, 5.74) is 0.403. The van der Waals surface area contributed by atoms with Gasteiger partial charge in [0.05, 0.1) is 6.61 Å². The van der Waals surface area contributed by atoms with E-state index in [1.807, 2.05) is 0 Å². The molecule has 0 fully saturated rings. The predicted octanol–water partition coefficient (Wildman–Crippen LogP) is 2.36. The molecule has 0 aromatic rings. The minimum absolute atomic E-state index is 0.0904. The maximum atomic E-state index is 11.2. The van der Waals surface area contributed by atoms with Gasteiger partial charge in [0.25, 0.3) is 0 Å². The van der Waals surface area contributed by atoms with E-state index in [4.69, 9.17) is 4.74 Å². The van der Waals surface area contributed by atoms with Crippen molar-refractivity contribution in [2.24, 2.45) is 5.41 Å². The summed E-state index contributed by atoms with van der Waals surface area (Å²) < 4.78 is 4.82. The zero-order chi connectivity index (χ0) is 11.7. The quantitative estimate of drug-likeness (QED) is 0.662. The van der Waals surface area contributed by atoms with Gasteiger partial charge in [0.15, 0.2) is 0 Å². The van der Waals surface area contributed by atoms with Crippen LogP contribution in [0.4, 0.5) is 0 Å². The molecule has 1 N–H and O–H groups in total. The van der Waals surface area contributed by atoms with Gasteiger partial charge in [0, 0.05) is 20.1 Å². The third-order valence-corrected chi connectivity index (χ3v) is 2.21. The molecule has 0 aliphatic carbocycles. The Morgan fingerprint density at radius 1 is 1.27 bits per heavy atom. The minimum Gasteiger partial charge on any atom is -0.384 e. The van der Waals surface area contributed by atoms with Gasteiger partial charge < -0.3 is 10.1 Å². The van der Waals surface area contributed by atoms with Crippen LogP contribution in [0.2, 0.25) is 0 Å². The van der Waals surface area contributed by atoms with Crippen molar-refractivity contribution >= 4 is 5.91 Å². The normalized spacial score (nSPS) is 11.5. The summed E-state index contributed by atoms with van der Waals surface area (Å²) in [4.78, 5) is 11.2. The van der Waals surface area contributed by atoms with E-state index in [-0.39, 0.29) is 5.91 Å². The molecule has 0 heterocycles. The first kappa shape index (κ1) is 14.4. The first-order valence-corrected chi connectivity index (χ1v) is 5.71. The summed E-state index contributed by atoms with van der Waals surface area (Å²) in [6.07, 6.45) is 3.92. The SMILES string of the molecule is COCCC(=O)NCCCCC(C)(C)C. The minimum atomic E-state index is 0.0904. The first-order chi connectivity index (χ1) is 6.95. The lowest BCUT2D eigenvalue weighted by Gasteiger charge is -2.17. The molecule has 0 atom stereocenters. The van der Waals surface area contributed by atoms with E-state index in [2.05, 4.69) is 26.1 Å². The molecule has 0 saturated carbocycles. The van der Waals surface area contributed by atoms with E-state index < -0.39 is 0 Å². The van der Waals surface area contributed by atoms with Crippen molar-refractivity contribution in [2.45, 2.75) is 46.5 Å². The fraction of sp³-hybridized carbons (Fsp3) is 0.917. The maximum Gasteiger partial charge on any atom is 0.222 e. The molecule has 0 aliphatic rings. The highest BCUT2D eigenvalue weighted by Gasteiger charge is 2.08. The third-order valence-electron chi connectivity index (χ3n) is 2.21. The number of nitrogens with one attached hydrogen (secondary N) is 1. The molecular weight excluding hydrogens is 190 g/mol. The number of hydrogen-bond donors (Lipinski definition) is 1. The Labute approximate surface area is 93.6 Å². The van der Waals surface area contributed by atoms with Crippen molar-refractivity contribution in [2.75, 3.05) is 20.3 Å². The van der Waals surface area contributed by atoms with E-state index in [0.29, 0.717) is 18.4 Å². The van der Waals surface area contributed by atoms with Crippen LogP contribution in [-0.4, -0.2) is 26.2 Å². The molecule has 0 unspecified atom stereocenters. The number of hydrogen-bond acceptors (Lipinski definition) is 2. The van der Waals surface area contributed by atoms with Crippen LogP contribution in [0.5, 0.6) is 0 Å². The van der Waals surface area contributed by atoms with Crippen molar-refractivity contribution < 1.29 is 9.53 Å². The smallest absolute Gasteiger partial charge is 0.222 e. The Bertz CT molecular complexity index is 173. The van der Waals surface area contributed by atoms with E-state index >= 15 is 0 Å². The number of methoxy groups -OCH3 is 1. The summed E-state index contributed by atoms with van der Waals surface area (Å²) in [7, 11) is 1.61. The van der Waals surface area contributed by atoms with Crippen LogP contribution in [0, 0.1) is 5.41 Å². The van der Waals surface area contributed by atoms with Crippen LogP contribution in [-0.2, 0) is 9.53 Å². The third kappa shape index (κ3) is 11.4. The lowest BCUT2D eigenvalue weighted by atomic mass is 9.90. The highest BCUT2D eigenvalue weighted by atomic mass is 16.5. The van der Waals surface area contributed by atoms with Crippen molar-refractivity contribution in [1.82, 2.24) is 5.32 Å². The molecule has 3 nitrogen and oxygen atoms in total. The van der Waals surface area contributed by atoms with Crippen LogP contribution < -0.4 is 5.32 Å². The molecule has 1 amide bonds. The molecule has 0 radical (unpaired) electrons. The van der Waals surface area contributed by atoms with Crippen molar-refractivity contribution in [3.63, 3.8) is 0 Å². The zero-order valence-corrected chi connectivity index (χ0v) is 10.6. The molecule has 0 aliphatic heterocycles. The van der Waals surface area contributed by atoms with Gasteiger partial charge in [-0.1, -0.05) is 27.2 Å². The van der Waals surface area contributed by atoms with Gasteiger partial charge in [-0.3, -0.25) is 4.79 Å². The van der Waals surface area contributed by atoms with Crippen molar-refractivity contribution in [1.29, 1.82) is 0 Å². The lowest BCUT2D eigenvalue weighted by molar-refractivity contribution is -0.121. The Hall–Kier alpha value is -0.570. The predicted molar refractivity (Wildman–Crippen MR) is 62.8 cm³/mol.